The zero-order chi connectivity index (χ0) is 33.5. The van der Waals surface area contributed by atoms with Gasteiger partial charge in [0.2, 0.25) is 17.7 Å². The summed E-state index contributed by atoms with van der Waals surface area (Å²) in [6, 6.07) is 6.18. The molecule has 0 spiro atoms. The fourth-order valence-electron chi connectivity index (χ4n) is 4.16. The van der Waals surface area contributed by atoms with Crippen molar-refractivity contribution in [1.29, 1.82) is 0 Å². The maximum atomic E-state index is 13.5. The first-order valence-corrected chi connectivity index (χ1v) is 14.0. The second-order valence-corrected chi connectivity index (χ2v) is 10.3. The van der Waals surface area contributed by atoms with E-state index in [1.165, 1.54) is 48.5 Å². The Bertz CT molecular complexity index is 1350. The van der Waals surface area contributed by atoms with Crippen LogP contribution >= 0.6 is 0 Å². The molecule has 0 radical (unpaired) electrons. The molecular formula is C29H39N7O9. The zero-order valence-corrected chi connectivity index (χ0v) is 24.4. The van der Waals surface area contributed by atoms with E-state index in [0.717, 1.165) is 0 Å². The van der Waals surface area contributed by atoms with E-state index in [9.17, 15) is 44.4 Å². The molecule has 0 fully saturated rings. The number of amides is 3. The van der Waals surface area contributed by atoms with Gasteiger partial charge in [-0.25, -0.2) is 4.79 Å². The maximum Gasteiger partial charge on any atom is 0.326 e. The lowest BCUT2D eigenvalue weighted by molar-refractivity contribution is -0.143. The third-order valence-corrected chi connectivity index (χ3v) is 6.58. The van der Waals surface area contributed by atoms with E-state index in [1.807, 2.05) is 0 Å². The van der Waals surface area contributed by atoms with E-state index in [1.54, 1.807) is 0 Å². The molecule has 2 aromatic carbocycles. The maximum absolute atomic E-state index is 13.5. The number of nitrogens with one attached hydrogen (secondary N) is 3. The number of aromatic hydroxyl groups is 2. The Labute approximate surface area is 258 Å². The summed E-state index contributed by atoms with van der Waals surface area (Å²) < 4.78 is 0. The van der Waals surface area contributed by atoms with Crippen molar-refractivity contribution in [3.05, 3.63) is 59.7 Å². The van der Waals surface area contributed by atoms with Gasteiger partial charge in [-0.2, -0.15) is 0 Å². The number of carboxylic acids is 2. The van der Waals surface area contributed by atoms with Crippen LogP contribution in [0.3, 0.4) is 0 Å². The molecule has 0 aromatic heterocycles. The van der Waals surface area contributed by atoms with Crippen LogP contribution in [0.25, 0.3) is 0 Å². The number of rotatable bonds is 18. The Morgan fingerprint density at radius 1 is 0.689 bits per heavy atom. The Balaban J connectivity index is 2.23. The van der Waals surface area contributed by atoms with Crippen LogP contribution in [0.1, 0.15) is 36.8 Å². The van der Waals surface area contributed by atoms with Crippen molar-refractivity contribution in [1.82, 2.24) is 16.0 Å². The zero-order valence-electron chi connectivity index (χ0n) is 24.4. The fraction of sp³-hybridized carbons (Fsp3) is 0.379. The van der Waals surface area contributed by atoms with Crippen molar-refractivity contribution < 1.29 is 44.4 Å². The molecule has 2 aromatic rings. The highest BCUT2D eigenvalue weighted by molar-refractivity contribution is 5.94. The van der Waals surface area contributed by atoms with Gasteiger partial charge < -0.3 is 53.6 Å². The number of benzene rings is 2. The second-order valence-electron chi connectivity index (χ2n) is 10.3. The van der Waals surface area contributed by atoms with Crippen LogP contribution in [0, 0.1) is 0 Å². The van der Waals surface area contributed by atoms with Crippen LogP contribution in [0.5, 0.6) is 11.5 Å². The summed E-state index contributed by atoms with van der Waals surface area (Å²) in [4.78, 5) is 66.6. The Kier molecular flexibility index (Phi) is 14.1. The highest BCUT2D eigenvalue weighted by atomic mass is 16.4. The van der Waals surface area contributed by atoms with Gasteiger partial charge in [0.25, 0.3) is 0 Å². The Hall–Kier alpha value is -5.38. The van der Waals surface area contributed by atoms with Crippen LogP contribution in [0.2, 0.25) is 0 Å². The molecule has 45 heavy (non-hydrogen) atoms. The summed E-state index contributed by atoms with van der Waals surface area (Å²) in [5, 5.41) is 45.3. The number of aliphatic imine (C=N–C) groups is 1. The average Bonchev–Trinajstić information content (AvgIpc) is 2.98. The lowest BCUT2D eigenvalue weighted by Gasteiger charge is -2.25. The highest BCUT2D eigenvalue weighted by Crippen LogP contribution is 2.14. The van der Waals surface area contributed by atoms with Crippen molar-refractivity contribution in [3.8, 4) is 11.5 Å². The molecule has 2 rings (SSSR count). The topological polar surface area (TPSA) is 293 Å². The largest absolute Gasteiger partial charge is 0.508 e. The van der Waals surface area contributed by atoms with Gasteiger partial charge >= 0.3 is 11.9 Å². The lowest BCUT2D eigenvalue weighted by Crippen LogP contribution is -2.57. The number of nitrogens with zero attached hydrogens (tertiary/aromatic N) is 1. The van der Waals surface area contributed by atoms with Gasteiger partial charge in [0.1, 0.15) is 29.6 Å². The first-order valence-electron chi connectivity index (χ1n) is 14.0. The van der Waals surface area contributed by atoms with Crippen LogP contribution in [-0.2, 0) is 36.8 Å². The number of aliphatic carboxylic acids is 2. The number of phenols is 2. The van der Waals surface area contributed by atoms with Crippen molar-refractivity contribution in [2.45, 2.75) is 62.7 Å². The molecule has 16 heteroatoms. The summed E-state index contributed by atoms with van der Waals surface area (Å²) in [5.41, 5.74) is 17.6. The minimum absolute atomic E-state index is 0.0303. The van der Waals surface area contributed by atoms with Crippen LogP contribution in [-0.4, -0.2) is 86.8 Å². The molecule has 0 aliphatic heterocycles. The molecule has 0 saturated carbocycles. The van der Waals surface area contributed by atoms with E-state index >= 15 is 0 Å². The minimum Gasteiger partial charge on any atom is -0.508 e. The third-order valence-electron chi connectivity index (χ3n) is 6.58. The SMILES string of the molecule is NC(N)=NCCCC(N)C(=O)NC(Cc1ccc(O)cc1)C(=O)NC(CCC(=O)O)C(=O)NC(Cc1ccc(O)cc1)C(=O)O. The molecule has 13 N–H and O–H groups in total. The molecule has 0 aliphatic rings. The molecule has 244 valence electrons. The fourth-order valence-corrected chi connectivity index (χ4v) is 4.16. The van der Waals surface area contributed by atoms with Crippen molar-refractivity contribution >= 4 is 35.6 Å². The molecule has 0 heterocycles. The predicted molar refractivity (Wildman–Crippen MR) is 162 cm³/mol. The van der Waals surface area contributed by atoms with Crippen LogP contribution in [0.4, 0.5) is 0 Å². The van der Waals surface area contributed by atoms with E-state index in [2.05, 4.69) is 20.9 Å². The Morgan fingerprint density at radius 3 is 1.64 bits per heavy atom. The monoisotopic (exact) mass is 629 g/mol. The quantitative estimate of drug-likeness (QED) is 0.0521. The van der Waals surface area contributed by atoms with Crippen molar-refractivity contribution in [3.63, 3.8) is 0 Å². The number of carboxylic acid groups (broad SMARTS) is 2. The number of nitrogens with two attached hydrogens (primary N) is 3. The molecule has 0 bridgehead atoms. The van der Waals surface area contributed by atoms with E-state index in [0.29, 0.717) is 17.5 Å². The summed E-state index contributed by atoms with van der Waals surface area (Å²) in [6.07, 6.45) is -0.636. The molecular weight excluding hydrogens is 590 g/mol. The summed E-state index contributed by atoms with van der Waals surface area (Å²) >= 11 is 0. The normalized spacial score (nSPS) is 13.4. The van der Waals surface area contributed by atoms with Crippen LogP contribution in [0.15, 0.2) is 53.5 Å². The van der Waals surface area contributed by atoms with E-state index in [4.69, 9.17) is 17.2 Å². The van der Waals surface area contributed by atoms with Gasteiger partial charge in [-0.3, -0.25) is 24.2 Å². The first kappa shape index (κ1) is 35.8. The van der Waals surface area contributed by atoms with E-state index < -0.39 is 60.2 Å². The predicted octanol–water partition coefficient (Wildman–Crippen LogP) is -1.33. The highest BCUT2D eigenvalue weighted by Gasteiger charge is 2.31. The van der Waals surface area contributed by atoms with Gasteiger partial charge in [-0.1, -0.05) is 24.3 Å². The summed E-state index contributed by atoms with van der Waals surface area (Å²) in [6.45, 7) is 0.227. The molecule has 0 saturated heterocycles. The van der Waals surface area contributed by atoms with Gasteiger partial charge in [-0.05, 0) is 54.7 Å². The van der Waals surface area contributed by atoms with Gasteiger partial charge in [-0.15, -0.1) is 0 Å². The van der Waals surface area contributed by atoms with Gasteiger partial charge in [0.05, 0.1) is 6.04 Å². The first-order chi connectivity index (χ1) is 21.2. The van der Waals surface area contributed by atoms with Crippen molar-refractivity contribution in [2.75, 3.05) is 6.54 Å². The van der Waals surface area contributed by atoms with Crippen molar-refractivity contribution in [2.24, 2.45) is 22.2 Å². The minimum atomic E-state index is -1.48. The van der Waals surface area contributed by atoms with Crippen LogP contribution < -0.4 is 33.2 Å². The summed E-state index contributed by atoms with van der Waals surface area (Å²) in [5.74, 6) is -5.33. The third kappa shape index (κ3) is 13.2. The molecule has 16 nitrogen and oxygen atoms in total. The number of guanidine groups is 1. The standard InChI is InChI=1S/C29H39N7O9/c30-20(2-1-13-33-29(31)32)25(41)35-22(14-16-3-7-18(37)8-4-16)27(43)34-21(11-12-24(39)40)26(42)36-23(28(44)45)15-17-5-9-19(38)10-6-17/h3-10,20-23,37-38H,1-2,11-15,30H2,(H,34,43)(H,35,41)(H,36,42)(H,39,40)(H,44,45)(H4,31,32,33). The molecule has 4 unspecified atom stereocenters. The second kappa shape index (κ2) is 17.7. The molecule has 4 atom stereocenters. The lowest BCUT2D eigenvalue weighted by atomic mass is 10.0. The number of phenolic OH excluding ortho intramolecular Hbond substituents is 2. The van der Waals surface area contributed by atoms with Gasteiger partial charge in [0.15, 0.2) is 5.96 Å². The molecule has 3 amide bonds. The summed E-state index contributed by atoms with van der Waals surface area (Å²) in [7, 11) is 0. The number of hydrogen-bond acceptors (Lipinski definition) is 9. The molecule has 0 aliphatic carbocycles. The average molecular weight is 630 g/mol. The Morgan fingerprint density at radius 2 is 1.16 bits per heavy atom. The van der Waals surface area contributed by atoms with Gasteiger partial charge in [0, 0.05) is 25.8 Å². The number of hydrogen-bond donors (Lipinski definition) is 10. The number of carbonyl (C=O) groups excluding carboxylic acids is 3. The smallest absolute Gasteiger partial charge is 0.326 e. The number of carbonyl (C=O) groups is 5. The van der Waals surface area contributed by atoms with E-state index in [-0.39, 0.29) is 49.7 Å².